The van der Waals surface area contributed by atoms with Crippen molar-refractivity contribution in [1.82, 2.24) is 9.97 Å². The van der Waals surface area contributed by atoms with Crippen molar-refractivity contribution in [2.45, 2.75) is 71.4 Å². The number of methoxy groups -OCH3 is 1. The van der Waals surface area contributed by atoms with Gasteiger partial charge in [0.1, 0.15) is 23.1 Å². The highest BCUT2D eigenvalue weighted by atomic mass is 32.1. The van der Waals surface area contributed by atoms with Gasteiger partial charge in [0.15, 0.2) is 0 Å². The van der Waals surface area contributed by atoms with Crippen LogP contribution in [0.15, 0.2) is 18.5 Å². The van der Waals surface area contributed by atoms with Crippen molar-refractivity contribution in [2.24, 2.45) is 5.41 Å². The SMILES string of the molecule is COC(=O)c1sc(C#CC(C)(C)C)cc1N[C@H]1CC[C@H](Oc2cc(N3CCCC3)ncn2)CC1. The summed E-state index contributed by atoms with van der Waals surface area (Å²) >= 11 is 1.38. The molecule has 34 heavy (non-hydrogen) atoms. The van der Waals surface area contributed by atoms with E-state index in [4.69, 9.17) is 9.47 Å². The van der Waals surface area contributed by atoms with E-state index in [2.05, 4.69) is 52.8 Å². The smallest absolute Gasteiger partial charge is 0.350 e. The number of carbonyl (C=O) groups excluding carboxylic acids is 1. The third kappa shape index (κ3) is 6.41. The molecule has 1 aliphatic heterocycles. The molecule has 7 nitrogen and oxygen atoms in total. The molecule has 2 aromatic heterocycles. The third-order valence-electron chi connectivity index (χ3n) is 6.04. The molecular weight excluding hydrogens is 448 g/mol. The van der Waals surface area contributed by atoms with Crippen molar-refractivity contribution in [3.8, 4) is 17.7 Å². The van der Waals surface area contributed by atoms with E-state index in [9.17, 15) is 4.79 Å². The Balaban J connectivity index is 1.35. The van der Waals surface area contributed by atoms with Crippen molar-refractivity contribution in [1.29, 1.82) is 0 Å². The standard InChI is InChI=1S/C26H34N4O3S/c1-26(2,3)12-11-20-15-21(24(34-20)25(31)32-4)29-18-7-9-19(10-8-18)33-23-16-22(27-17-28-23)30-13-5-6-14-30/h15-19,29H,5-10,13-14H2,1-4H3/t18-,19-. The second-order valence-corrected chi connectivity index (χ2v) is 11.0. The summed E-state index contributed by atoms with van der Waals surface area (Å²) in [5.74, 6) is 7.73. The van der Waals surface area contributed by atoms with Crippen LogP contribution >= 0.6 is 11.3 Å². The minimum atomic E-state index is -0.328. The van der Waals surface area contributed by atoms with Crippen LogP contribution in [0, 0.1) is 17.3 Å². The summed E-state index contributed by atoms with van der Waals surface area (Å²) in [7, 11) is 1.41. The van der Waals surface area contributed by atoms with E-state index < -0.39 is 0 Å². The van der Waals surface area contributed by atoms with Crippen LogP contribution in [0.5, 0.6) is 5.88 Å². The molecular formula is C26H34N4O3S. The van der Waals surface area contributed by atoms with Crippen LogP contribution in [-0.4, -0.2) is 48.3 Å². The molecule has 2 aliphatic rings. The first kappa shape index (κ1) is 24.3. The average molecular weight is 483 g/mol. The third-order valence-corrected chi connectivity index (χ3v) is 7.07. The summed E-state index contributed by atoms with van der Waals surface area (Å²) in [6.45, 7) is 8.31. The molecule has 0 amide bonds. The number of hydrogen-bond donors (Lipinski definition) is 1. The number of thiophene rings is 1. The van der Waals surface area contributed by atoms with E-state index in [1.165, 1.54) is 31.3 Å². The fourth-order valence-electron chi connectivity index (χ4n) is 4.28. The first-order chi connectivity index (χ1) is 16.3. The second kappa shape index (κ2) is 10.6. The number of esters is 1. The maximum absolute atomic E-state index is 12.3. The molecule has 8 heteroatoms. The van der Waals surface area contributed by atoms with Crippen molar-refractivity contribution in [3.05, 3.63) is 28.2 Å². The highest BCUT2D eigenvalue weighted by Crippen LogP contribution is 2.32. The molecule has 0 atom stereocenters. The fourth-order valence-corrected chi connectivity index (χ4v) is 5.18. The predicted octanol–water partition coefficient (Wildman–Crippen LogP) is 5.12. The molecule has 0 bridgehead atoms. The summed E-state index contributed by atoms with van der Waals surface area (Å²) in [5, 5.41) is 3.57. The summed E-state index contributed by atoms with van der Waals surface area (Å²) in [6, 6.07) is 4.20. The maximum Gasteiger partial charge on any atom is 0.350 e. The minimum Gasteiger partial charge on any atom is -0.474 e. The summed E-state index contributed by atoms with van der Waals surface area (Å²) < 4.78 is 11.2. The highest BCUT2D eigenvalue weighted by molar-refractivity contribution is 7.15. The van der Waals surface area contributed by atoms with Crippen LogP contribution in [0.25, 0.3) is 0 Å². The van der Waals surface area contributed by atoms with Gasteiger partial charge in [-0.15, -0.1) is 11.3 Å². The van der Waals surface area contributed by atoms with E-state index >= 15 is 0 Å². The molecule has 0 unspecified atom stereocenters. The van der Waals surface area contributed by atoms with Gasteiger partial charge in [0.25, 0.3) is 0 Å². The molecule has 3 heterocycles. The lowest BCUT2D eigenvalue weighted by molar-refractivity contribution is 0.0607. The number of rotatable bonds is 6. The van der Waals surface area contributed by atoms with E-state index in [1.807, 2.05) is 12.1 Å². The minimum absolute atomic E-state index is 0.0969. The van der Waals surface area contributed by atoms with Crippen LogP contribution in [-0.2, 0) is 4.74 Å². The molecule has 2 fully saturated rings. The Bertz CT molecular complexity index is 1050. The average Bonchev–Trinajstić information content (AvgIpc) is 3.49. The lowest BCUT2D eigenvalue weighted by Gasteiger charge is -2.30. The van der Waals surface area contributed by atoms with Crippen molar-refractivity contribution in [2.75, 3.05) is 30.4 Å². The molecule has 0 radical (unpaired) electrons. The van der Waals surface area contributed by atoms with Crippen molar-refractivity contribution >= 4 is 28.8 Å². The molecule has 182 valence electrons. The number of aromatic nitrogens is 2. The van der Waals surface area contributed by atoms with E-state index in [-0.39, 0.29) is 23.5 Å². The first-order valence-electron chi connectivity index (χ1n) is 12.1. The predicted molar refractivity (Wildman–Crippen MR) is 136 cm³/mol. The Hall–Kier alpha value is -2.79. The fraction of sp³-hybridized carbons (Fsp3) is 0.577. The van der Waals surface area contributed by atoms with Gasteiger partial charge in [-0.25, -0.2) is 14.8 Å². The molecule has 0 spiro atoms. The van der Waals surface area contributed by atoms with Gasteiger partial charge in [0, 0.05) is 30.6 Å². The van der Waals surface area contributed by atoms with Gasteiger partial charge in [-0.3, -0.25) is 0 Å². The number of hydrogen-bond acceptors (Lipinski definition) is 8. The molecule has 1 saturated heterocycles. The van der Waals surface area contributed by atoms with Gasteiger partial charge in [0.05, 0.1) is 17.7 Å². The van der Waals surface area contributed by atoms with Gasteiger partial charge >= 0.3 is 5.97 Å². The topological polar surface area (TPSA) is 76.6 Å². The summed E-state index contributed by atoms with van der Waals surface area (Å²) in [6.07, 6.45) is 7.91. The number of nitrogens with zero attached hydrogens (tertiary/aromatic N) is 3. The number of ether oxygens (including phenoxy) is 2. The Morgan fingerprint density at radius 3 is 2.56 bits per heavy atom. The van der Waals surface area contributed by atoms with Crippen molar-refractivity contribution in [3.63, 3.8) is 0 Å². The maximum atomic E-state index is 12.3. The van der Waals surface area contributed by atoms with Gasteiger partial charge < -0.3 is 19.7 Å². The Kier molecular flexibility index (Phi) is 7.62. The molecule has 1 N–H and O–H groups in total. The van der Waals surface area contributed by atoms with Crippen LogP contribution in [0.1, 0.15) is 73.8 Å². The van der Waals surface area contributed by atoms with Gasteiger partial charge in [-0.1, -0.05) is 11.8 Å². The number of anilines is 2. The lowest BCUT2D eigenvalue weighted by atomic mass is 9.92. The van der Waals surface area contributed by atoms with Gasteiger partial charge in [-0.2, -0.15) is 0 Å². The quantitative estimate of drug-likeness (QED) is 0.452. The highest BCUT2D eigenvalue weighted by Gasteiger charge is 2.26. The Morgan fingerprint density at radius 2 is 1.88 bits per heavy atom. The Labute approximate surface area is 206 Å². The Morgan fingerprint density at radius 1 is 1.15 bits per heavy atom. The lowest BCUT2D eigenvalue weighted by Crippen LogP contribution is -2.31. The van der Waals surface area contributed by atoms with E-state index in [0.29, 0.717) is 10.8 Å². The zero-order valence-corrected chi connectivity index (χ0v) is 21.3. The second-order valence-electron chi connectivity index (χ2n) is 9.99. The molecule has 1 saturated carbocycles. The number of carbonyl (C=O) groups is 1. The van der Waals surface area contributed by atoms with E-state index in [0.717, 1.165) is 55.2 Å². The van der Waals surface area contributed by atoms with Crippen molar-refractivity contribution < 1.29 is 14.3 Å². The zero-order chi connectivity index (χ0) is 24.1. The zero-order valence-electron chi connectivity index (χ0n) is 20.5. The molecule has 0 aromatic carbocycles. The van der Waals surface area contributed by atoms with Crippen LogP contribution in [0.2, 0.25) is 0 Å². The largest absolute Gasteiger partial charge is 0.474 e. The molecule has 4 rings (SSSR count). The van der Waals surface area contributed by atoms with Gasteiger partial charge in [0.2, 0.25) is 5.88 Å². The summed E-state index contributed by atoms with van der Waals surface area (Å²) in [4.78, 5) is 24.8. The monoisotopic (exact) mass is 482 g/mol. The normalized spacial score (nSPS) is 20.4. The van der Waals surface area contributed by atoms with Crippen LogP contribution in [0.4, 0.5) is 11.5 Å². The number of nitrogens with one attached hydrogen (secondary N) is 1. The molecule has 2 aromatic rings. The van der Waals surface area contributed by atoms with Crippen LogP contribution in [0.3, 0.4) is 0 Å². The molecule has 1 aliphatic carbocycles. The van der Waals surface area contributed by atoms with Gasteiger partial charge in [-0.05, 0) is 65.4 Å². The van der Waals surface area contributed by atoms with E-state index in [1.54, 1.807) is 6.33 Å². The van der Waals surface area contributed by atoms with Crippen LogP contribution < -0.4 is 15.0 Å². The first-order valence-corrected chi connectivity index (χ1v) is 12.9. The summed E-state index contributed by atoms with van der Waals surface area (Å²) in [5.41, 5.74) is 0.714.